The van der Waals surface area contributed by atoms with Crippen LogP contribution < -0.4 is 5.32 Å². The van der Waals surface area contributed by atoms with E-state index in [2.05, 4.69) is 26.1 Å². The van der Waals surface area contributed by atoms with Gasteiger partial charge in [-0.15, -0.1) is 0 Å². The third kappa shape index (κ3) is 4.22. The number of hydrogen-bond donors (Lipinski definition) is 1. The minimum absolute atomic E-state index is 0.00112. The SMILES string of the molecule is CC(C)(C)C1CCCCC1NC(=O)Cc1c(F)cccc1Cl. The summed E-state index contributed by atoms with van der Waals surface area (Å²) in [5.41, 5.74) is 0.443. The Hall–Kier alpha value is -1.09. The Morgan fingerprint density at radius 3 is 2.64 bits per heavy atom. The van der Waals surface area contributed by atoms with Crippen molar-refractivity contribution in [3.05, 3.63) is 34.6 Å². The summed E-state index contributed by atoms with van der Waals surface area (Å²) in [6.07, 6.45) is 4.48. The monoisotopic (exact) mass is 325 g/mol. The molecule has 22 heavy (non-hydrogen) atoms. The van der Waals surface area contributed by atoms with Gasteiger partial charge >= 0.3 is 0 Å². The summed E-state index contributed by atoms with van der Waals surface area (Å²) in [7, 11) is 0. The summed E-state index contributed by atoms with van der Waals surface area (Å²) >= 11 is 6.00. The predicted molar refractivity (Wildman–Crippen MR) is 88.5 cm³/mol. The highest BCUT2D eigenvalue weighted by atomic mass is 35.5. The van der Waals surface area contributed by atoms with Gasteiger partial charge in [-0.2, -0.15) is 0 Å². The van der Waals surface area contributed by atoms with Gasteiger partial charge in [0.25, 0.3) is 0 Å². The van der Waals surface area contributed by atoms with Crippen LogP contribution in [0, 0.1) is 17.2 Å². The number of halogens is 2. The smallest absolute Gasteiger partial charge is 0.224 e. The van der Waals surface area contributed by atoms with Crippen LogP contribution in [0.3, 0.4) is 0 Å². The largest absolute Gasteiger partial charge is 0.353 e. The number of hydrogen-bond acceptors (Lipinski definition) is 1. The fraction of sp³-hybridized carbons (Fsp3) is 0.611. The quantitative estimate of drug-likeness (QED) is 0.854. The Balaban J connectivity index is 2.04. The van der Waals surface area contributed by atoms with E-state index in [4.69, 9.17) is 11.6 Å². The van der Waals surface area contributed by atoms with Crippen LogP contribution in [0.5, 0.6) is 0 Å². The molecule has 2 rings (SSSR count). The molecular weight excluding hydrogens is 301 g/mol. The maximum absolute atomic E-state index is 13.8. The summed E-state index contributed by atoms with van der Waals surface area (Å²) in [5.74, 6) is -0.104. The van der Waals surface area contributed by atoms with Crippen molar-refractivity contribution in [1.29, 1.82) is 0 Å². The number of nitrogens with one attached hydrogen (secondary N) is 1. The molecule has 1 saturated carbocycles. The zero-order valence-electron chi connectivity index (χ0n) is 13.6. The van der Waals surface area contributed by atoms with E-state index in [1.54, 1.807) is 12.1 Å². The summed E-state index contributed by atoms with van der Waals surface area (Å²) in [6.45, 7) is 6.65. The van der Waals surface area contributed by atoms with E-state index in [9.17, 15) is 9.18 Å². The maximum Gasteiger partial charge on any atom is 0.224 e. The van der Waals surface area contributed by atoms with Crippen molar-refractivity contribution in [1.82, 2.24) is 5.32 Å². The summed E-state index contributed by atoms with van der Waals surface area (Å²) in [5, 5.41) is 3.43. The normalized spacial score (nSPS) is 22.4. The molecule has 4 heteroatoms. The lowest BCUT2D eigenvalue weighted by Crippen LogP contribution is -2.47. The van der Waals surface area contributed by atoms with Crippen LogP contribution in [0.4, 0.5) is 4.39 Å². The van der Waals surface area contributed by atoms with Crippen molar-refractivity contribution in [2.75, 3.05) is 0 Å². The third-order valence-corrected chi connectivity index (χ3v) is 4.98. The molecule has 1 aliphatic carbocycles. The fourth-order valence-electron chi connectivity index (χ4n) is 3.46. The van der Waals surface area contributed by atoms with Gasteiger partial charge in [0, 0.05) is 16.6 Å². The second-order valence-corrected chi connectivity index (χ2v) is 7.72. The van der Waals surface area contributed by atoms with E-state index in [0.29, 0.717) is 10.9 Å². The van der Waals surface area contributed by atoms with Crippen LogP contribution in [-0.4, -0.2) is 11.9 Å². The zero-order chi connectivity index (χ0) is 16.3. The van der Waals surface area contributed by atoms with Crippen molar-refractivity contribution < 1.29 is 9.18 Å². The molecule has 0 spiro atoms. The lowest BCUT2D eigenvalue weighted by Gasteiger charge is -2.40. The molecule has 0 aromatic heterocycles. The summed E-state index contributed by atoms with van der Waals surface area (Å²) in [6, 6.07) is 4.68. The van der Waals surface area contributed by atoms with Gasteiger partial charge in [-0.25, -0.2) is 4.39 Å². The molecule has 2 nitrogen and oxygen atoms in total. The van der Waals surface area contributed by atoms with Crippen LogP contribution in [0.25, 0.3) is 0 Å². The van der Waals surface area contributed by atoms with Crippen molar-refractivity contribution in [2.24, 2.45) is 11.3 Å². The molecule has 1 amide bonds. The fourth-order valence-corrected chi connectivity index (χ4v) is 3.69. The number of carbonyl (C=O) groups excluding carboxylic acids is 1. The highest BCUT2D eigenvalue weighted by Crippen LogP contribution is 2.38. The topological polar surface area (TPSA) is 29.1 Å². The van der Waals surface area contributed by atoms with E-state index in [1.807, 2.05) is 0 Å². The molecule has 0 heterocycles. The van der Waals surface area contributed by atoms with Crippen LogP contribution in [0.2, 0.25) is 5.02 Å². The minimum Gasteiger partial charge on any atom is -0.353 e. The van der Waals surface area contributed by atoms with Crippen LogP contribution in [-0.2, 0) is 11.2 Å². The molecular formula is C18H25ClFNO. The first-order valence-corrected chi connectivity index (χ1v) is 8.39. The molecule has 0 saturated heterocycles. The predicted octanol–water partition coefficient (Wildman–Crippen LogP) is 4.74. The Labute approximate surface area is 137 Å². The molecule has 2 unspecified atom stereocenters. The molecule has 1 N–H and O–H groups in total. The summed E-state index contributed by atoms with van der Waals surface area (Å²) < 4.78 is 13.8. The Morgan fingerprint density at radius 2 is 2.00 bits per heavy atom. The van der Waals surface area contributed by atoms with E-state index >= 15 is 0 Å². The average molecular weight is 326 g/mol. The van der Waals surface area contributed by atoms with Crippen LogP contribution >= 0.6 is 11.6 Å². The molecule has 122 valence electrons. The highest BCUT2D eigenvalue weighted by molar-refractivity contribution is 6.31. The van der Waals surface area contributed by atoms with E-state index in [-0.39, 0.29) is 29.3 Å². The lowest BCUT2D eigenvalue weighted by atomic mass is 9.69. The zero-order valence-corrected chi connectivity index (χ0v) is 14.3. The number of rotatable bonds is 3. The second kappa shape index (κ2) is 6.99. The maximum atomic E-state index is 13.8. The van der Waals surface area contributed by atoms with Gasteiger partial charge < -0.3 is 5.32 Å². The van der Waals surface area contributed by atoms with E-state index in [1.165, 1.54) is 12.5 Å². The Kier molecular flexibility index (Phi) is 5.49. The Bertz CT molecular complexity index is 518. The standard InChI is InChI=1S/C18H25ClFNO/c1-18(2,3)13-7-4-5-10-16(13)21-17(22)11-12-14(19)8-6-9-15(12)20/h6,8-9,13,16H,4-5,7,10-11H2,1-3H3,(H,21,22). The van der Waals surface area contributed by atoms with Gasteiger partial charge in [-0.05, 0) is 36.3 Å². The van der Waals surface area contributed by atoms with Crippen molar-refractivity contribution in [3.63, 3.8) is 0 Å². The number of carbonyl (C=O) groups is 1. The lowest BCUT2D eigenvalue weighted by molar-refractivity contribution is -0.122. The average Bonchev–Trinajstić information content (AvgIpc) is 2.42. The third-order valence-electron chi connectivity index (χ3n) is 4.62. The van der Waals surface area contributed by atoms with Crippen LogP contribution in [0.15, 0.2) is 18.2 Å². The van der Waals surface area contributed by atoms with E-state index < -0.39 is 5.82 Å². The molecule has 1 aromatic carbocycles. The van der Waals surface area contributed by atoms with Gasteiger partial charge in [-0.1, -0.05) is 51.3 Å². The van der Waals surface area contributed by atoms with Gasteiger partial charge in [0.1, 0.15) is 5.82 Å². The van der Waals surface area contributed by atoms with Gasteiger partial charge in [0.15, 0.2) is 0 Å². The molecule has 0 radical (unpaired) electrons. The van der Waals surface area contributed by atoms with Crippen molar-refractivity contribution in [3.8, 4) is 0 Å². The first kappa shape index (κ1) is 17.3. The van der Waals surface area contributed by atoms with Crippen molar-refractivity contribution >= 4 is 17.5 Å². The molecule has 0 bridgehead atoms. The first-order valence-electron chi connectivity index (χ1n) is 8.01. The first-order chi connectivity index (χ1) is 10.3. The molecule has 2 atom stereocenters. The Morgan fingerprint density at radius 1 is 1.32 bits per heavy atom. The highest BCUT2D eigenvalue weighted by Gasteiger charge is 2.34. The van der Waals surface area contributed by atoms with E-state index in [0.717, 1.165) is 19.3 Å². The second-order valence-electron chi connectivity index (χ2n) is 7.31. The molecule has 0 aliphatic heterocycles. The molecule has 1 fully saturated rings. The number of amides is 1. The van der Waals surface area contributed by atoms with Gasteiger partial charge in [0.05, 0.1) is 6.42 Å². The van der Waals surface area contributed by atoms with Crippen molar-refractivity contribution in [2.45, 2.75) is 58.9 Å². The summed E-state index contributed by atoms with van der Waals surface area (Å²) in [4.78, 5) is 12.3. The van der Waals surface area contributed by atoms with Gasteiger partial charge in [-0.3, -0.25) is 4.79 Å². The minimum atomic E-state index is -0.418. The number of benzene rings is 1. The van der Waals surface area contributed by atoms with Gasteiger partial charge in [0.2, 0.25) is 5.91 Å². The molecule has 1 aliphatic rings. The van der Waals surface area contributed by atoms with Crippen LogP contribution in [0.1, 0.15) is 52.0 Å². The molecule has 1 aromatic rings.